The van der Waals surface area contributed by atoms with E-state index in [4.69, 9.17) is 9.26 Å². The van der Waals surface area contributed by atoms with Crippen molar-refractivity contribution in [3.8, 4) is 5.75 Å². The van der Waals surface area contributed by atoms with E-state index in [1.807, 2.05) is 37.3 Å². The summed E-state index contributed by atoms with van der Waals surface area (Å²) in [6.07, 6.45) is 0. The first-order chi connectivity index (χ1) is 7.78. The van der Waals surface area contributed by atoms with Crippen LogP contribution in [-0.2, 0) is 5.75 Å². The van der Waals surface area contributed by atoms with E-state index in [1.165, 1.54) is 4.90 Å². The van der Waals surface area contributed by atoms with Crippen LogP contribution in [0.3, 0.4) is 0 Å². The molecule has 0 aliphatic carbocycles. The first-order valence-corrected chi connectivity index (χ1v) is 5.95. The molecule has 0 spiro atoms. The standard InChI is InChI=1S/C12H13NO2S/c1-9-7-10(13-15-9)8-16-12-5-3-11(14-2)4-6-12/h3-7H,8H2,1-2H3. The summed E-state index contributed by atoms with van der Waals surface area (Å²) in [6.45, 7) is 1.90. The quantitative estimate of drug-likeness (QED) is 0.762. The molecule has 0 atom stereocenters. The lowest BCUT2D eigenvalue weighted by molar-refractivity contribution is 0.393. The van der Waals surface area contributed by atoms with Gasteiger partial charge in [-0.15, -0.1) is 11.8 Å². The Bertz CT molecular complexity index is 450. The van der Waals surface area contributed by atoms with Crippen molar-refractivity contribution in [2.75, 3.05) is 7.11 Å². The van der Waals surface area contributed by atoms with Crippen LogP contribution in [0.1, 0.15) is 11.5 Å². The van der Waals surface area contributed by atoms with Crippen LogP contribution in [0.5, 0.6) is 5.75 Å². The fourth-order valence-electron chi connectivity index (χ4n) is 1.32. The Labute approximate surface area is 98.8 Å². The third-order valence-electron chi connectivity index (χ3n) is 2.12. The van der Waals surface area contributed by atoms with Crippen molar-refractivity contribution < 1.29 is 9.26 Å². The van der Waals surface area contributed by atoms with Gasteiger partial charge >= 0.3 is 0 Å². The van der Waals surface area contributed by atoms with E-state index in [2.05, 4.69) is 5.16 Å². The number of ether oxygens (including phenoxy) is 1. The van der Waals surface area contributed by atoms with Gasteiger partial charge in [-0.3, -0.25) is 0 Å². The minimum absolute atomic E-state index is 0.823. The minimum Gasteiger partial charge on any atom is -0.497 e. The van der Waals surface area contributed by atoms with Crippen molar-refractivity contribution in [1.82, 2.24) is 5.16 Å². The van der Waals surface area contributed by atoms with E-state index in [9.17, 15) is 0 Å². The molecule has 0 unspecified atom stereocenters. The molecular weight excluding hydrogens is 222 g/mol. The normalized spacial score (nSPS) is 10.4. The van der Waals surface area contributed by atoms with Crippen LogP contribution in [-0.4, -0.2) is 12.3 Å². The molecule has 4 heteroatoms. The average molecular weight is 235 g/mol. The van der Waals surface area contributed by atoms with E-state index in [0.29, 0.717) is 0 Å². The lowest BCUT2D eigenvalue weighted by Crippen LogP contribution is -1.82. The molecule has 2 aromatic rings. The van der Waals surface area contributed by atoms with E-state index in [0.717, 1.165) is 23.0 Å². The molecule has 0 N–H and O–H groups in total. The number of benzene rings is 1. The van der Waals surface area contributed by atoms with Gasteiger partial charge in [0, 0.05) is 16.7 Å². The average Bonchev–Trinajstić information content (AvgIpc) is 2.73. The minimum atomic E-state index is 0.823. The Morgan fingerprint density at radius 3 is 2.62 bits per heavy atom. The van der Waals surface area contributed by atoms with Crippen molar-refractivity contribution in [3.63, 3.8) is 0 Å². The zero-order valence-corrected chi connectivity index (χ0v) is 10.1. The van der Waals surface area contributed by atoms with E-state index >= 15 is 0 Å². The van der Waals surface area contributed by atoms with Gasteiger partial charge in [0.15, 0.2) is 0 Å². The number of aryl methyl sites for hydroxylation is 1. The zero-order valence-electron chi connectivity index (χ0n) is 9.27. The van der Waals surface area contributed by atoms with E-state index in [-0.39, 0.29) is 0 Å². The predicted molar refractivity (Wildman–Crippen MR) is 63.8 cm³/mol. The molecule has 0 bridgehead atoms. The van der Waals surface area contributed by atoms with Gasteiger partial charge in [-0.25, -0.2) is 0 Å². The molecule has 0 saturated heterocycles. The van der Waals surface area contributed by atoms with Crippen LogP contribution >= 0.6 is 11.8 Å². The van der Waals surface area contributed by atoms with Crippen molar-refractivity contribution in [1.29, 1.82) is 0 Å². The van der Waals surface area contributed by atoms with Gasteiger partial charge in [0.2, 0.25) is 0 Å². The summed E-state index contributed by atoms with van der Waals surface area (Å²) in [5, 5.41) is 3.94. The maximum absolute atomic E-state index is 5.10. The highest BCUT2D eigenvalue weighted by Gasteiger charge is 2.01. The van der Waals surface area contributed by atoms with Crippen LogP contribution in [0.25, 0.3) is 0 Å². The largest absolute Gasteiger partial charge is 0.497 e. The molecule has 0 radical (unpaired) electrons. The number of thioether (sulfide) groups is 1. The van der Waals surface area contributed by atoms with Gasteiger partial charge in [-0.1, -0.05) is 5.16 Å². The van der Waals surface area contributed by atoms with Crippen LogP contribution in [0, 0.1) is 6.92 Å². The number of nitrogens with zero attached hydrogens (tertiary/aromatic N) is 1. The number of methoxy groups -OCH3 is 1. The lowest BCUT2D eigenvalue weighted by atomic mass is 10.3. The third-order valence-corrected chi connectivity index (χ3v) is 3.17. The molecular formula is C12H13NO2S. The number of rotatable bonds is 4. The first-order valence-electron chi connectivity index (χ1n) is 4.97. The molecule has 1 aromatic heterocycles. The first kappa shape index (κ1) is 11.1. The summed E-state index contributed by atoms with van der Waals surface area (Å²) in [5.74, 6) is 2.55. The highest BCUT2D eigenvalue weighted by molar-refractivity contribution is 7.98. The van der Waals surface area contributed by atoms with E-state index < -0.39 is 0 Å². The Balaban J connectivity index is 1.94. The summed E-state index contributed by atoms with van der Waals surface area (Å²) in [4.78, 5) is 1.20. The van der Waals surface area contributed by atoms with Gasteiger partial charge in [0.25, 0.3) is 0 Å². The molecule has 0 amide bonds. The summed E-state index contributed by atoms with van der Waals surface area (Å²) >= 11 is 1.73. The van der Waals surface area contributed by atoms with Crippen molar-refractivity contribution in [2.24, 2.45) is 0 Å². The highest BCUT2D eigenvalue weighted by atomic mass is 32.2. The van der Waals surface area contributed by atoms with Crippen LogP contribution in [0.2, 0.25) is 0 Å². The molecule has 0 saturated carbocycles. The van der Waals surface area contributed by atoms with Crippen molar-refractivity contribution in [3.05, 3.63) is 41.8 Å². The van der Waals surface area contributed by atoms with Gasteiger partial charge < -0.3 is 9.26 Å². The summed E-state index contributed by atoms with van der Waals surface area (Å²) in [6, 6.07) is 9.94. The smallest absolute Gasteiger partial charge is 0.133 e. The predicted octanol–water partition coefficient (Wildman–Crippen LogP) is 3.28. The Kier molecular flexibility index (Phi) is 3.51. The lowest BCUT2D eigenvalue weighted by Gasteiger charge is -2.01. The third kappa shape index (κ3) is 2.79. The van der Waals surface area contributed by atoms with Gasteiger partial charge in [0.05, 0.1) is 12.8 Å². The second-order valence-electron chi connectivity index (χ2n) is 3.39. The molecule has 1 heterocycles. The summed E-state index contributed by atoms with van der Waals surface area (Å²) in [7, 11) is 1.67. The summed E-state index contributed by atoms with van der Waals surface area (Å²) in [5.41, 5.74) is 0.971. The topological polar surface area (TPSA) is 35.3 Å². The second kappa shape index (κ2) is 5.07. The maximum Gasteiger partial charge on any atom is 0.133 e. The fraction of sp³-hybridized carbons (Fsp3) is 0.250. The molecule has 0 aliphatic rings. The Morgan fingerprint density at radius 2 is 2.06 bits per heavy atom. The van der Waals surface area contributed by atoms with Gasteiger partial charge in [-0.05, 0) is 31.2 Å². The highest BCUT2D eigenvalue weighted by Crippen LogP contribution is 2.24. The molecule has 16 heavy (non-hydrogen) atoms. The second-order valence-corrected chi connectivity index (χ2v) is 4.44. The molecule has 3 nitrogen and oxygen atoms in total. The molecule has 84 valence electrons. The monoisotopic (exact) mass is 235 g/mol. The van der Waals surface area contributed by atoms with Crippen LogP contribution in [0.4, 0.5) is 0 Å². The zero-order chi connectivity index (χ0) is 11.4. The summed E-state index contributed by atoms with van der Waals surface area (Å²) < 4.78 is 10.1. The van der Waals surface area contributed by atoms with Gasteiger partial charge in [0.1, 0.15) is 11.5 Å². The van der Waals surface area contributed by atoms with Crippen molar-refractivity contribution >= 4 is 11.8 Å². The van der Waals surface area contributed by atoms with Gasteiger partial charge in [-0.2, -0.15) is 0 Å². The van der Waals surface area contributed by atoms with E-state index in [1.54, 1.807) is 18.9 Å². The number of hydrogen-bond donors (Lipinski definition) is 0. The van der Waals surface area contributed by atoms with Crippen LogP contribution < -0.4 is 4.74 Å². The molecule has 0 aliphatic heterocycles. The SMILES string of the molecule is COc1ccc(SCc2cc(C)on2)cc1. The van der Waals surface area contributed by atoms with Crippen LogP contribution in [0.15, 0.2) is 39.8 Å². The Hall–Kier alpha value is -1.42. The molecule has 2 rings (SSSR count). The number of aromatic nitrogens is 1. The Morgan fingerprint density at radius 1 is 1.31 bits per heavy atom. The number of hydrogen-bond acceptors (Lipinski definition) is 4. The molecule has 1 aromatic carbocycles. The maximum atomic E-state index is 5.10. The fourth-order valence-corrected chi connectivity index (χ4v) is 2.09. The molecule has 0 fully saturated rings. The van der Waals surface area contributed by atoms with Crippen molar-refractivity contribution in [2.45, 2.75) is 17.6 Å².